The highest BCUT2D eigenvalue weighted by Crippen LogP contribution is 2.12. The molecule has 0 bridgehead atoms. The van der Waals surface area contributed by atoms with Crippen molar-refractivity contribution in [2.75, 3.05) is 18.3 Å². The molecule has 0 saturated carbocycles. The van der Waals surface area contributed by atoms with Gasteiger partial charge in [0.15, 0.2) is 0 Å². The fourth-order valence-corrected chi connectivity index (χ4v) is 3.72. The minimum Gasteiger partial charge on any atom is -0.467 e. The highest BCUT2D eigenvalue weighted by atomic mass is 35.5. The molecule has 3 amide bonds. The van der Waals surface area contributed by atoms with E-state index in [1.54, 1.807) is 12.1 Å². The molecule has 0 heterocycles. The normalized spacial score (nSPS) is 12.1. The summed E-state index contributed by atoms with van der Waals surface area (Å²) < 4.78 is 4.90. The molecule has 0 fully saturated rings. The van der Waals surface area contributed by atoms with E-state index >= 15 is 0 Å². The molecule has 3 rings (SSSR count). The van der Waals surface area contributed by atoms with Crippen molar-refractivity contribution >= 4 is 41.0 Å². The number of rotatable bonds is 11. The lowest BCUT2D eigenvalue weighted by molar-refractivity contribution is -0.145. The summed E-state index contributed by atoms with van der Waals surface area (Å²) in [5, 5.41) is 8.11. The summed E-state index contributed by atoms with van der Waals surface area (Å²) in [5.74, 6) is -2.14. The zero-order valence-electron chi connectivity index (χ0n) is 20.3. The predicted molar refractivity (Wildman–Crippen MR) is 141 cm³/mol. The van der Waals surface area contributed by atoms with Crippen LogP contribution in [0.5, 0.6) is 0 Å². The van der Waals surface area contributed by atoms with Crippen molar-refractivity contribution < 1.29 is 23.9 Å². The molecule has 37 heavy (non-hydrogen) atoms. The van der Waals surface area contributed by atoms with Gasteiger partial charge in [0.05, 0.1) is 7.11 Å². The molecule has 9 heteroatoms. The van der Waals surface area contributed by atoms with Gasteiger partial charge in [-0.2, -0.15) is 0 Å². The molecule has 0 unspecified atom stereocenters. The van der Waals surface area contributed by atoms with Crippen LogP contribution in [0.4, 0.5) is 5.69 Å². The second-order valence-corrected chi connectivity index (χ2v) is 8.52. The summed E-state index contributed by atoms with van der Waals surface area (Å²) in [5.41, 5.74) is 2.47. The molecule has 0 radical (unpaired) electrons. The summed E-state index contributed by atoms with van der Waals surface area (Å²) in [7, 11) is 1.26. The molecule has 3 aromatic carbocycles. The zero-order chi connectivity index (χ0) is 26.6. The Kier molecular flexibility index (Phi) is 10.2. The molecule has 0 aliphatic carbocycles. The number of alkyl halides is 1. The van der Waals surface area contributed by atoms with Gasteiger partial charge in [-0.25, -0.2) is 4.79 Å². The van der Waals surface area contributed by atoms with E-state index in [1.165, 1.54) is 19.2 Å². The van der Waals surface area contributed by atoms with Crippen LogP contribution in [0.3, 0.4) is 0 Å². The summed E-state index contributed by atoms with van der Waals surface area (Å²) in [4.78, 5) is 50.3. The minimum absolute atomic E-state index is 0.185. The molecular weight excluding hydrogens is 494 g/mol. The smallest absolute Gasteiger partial charge is 0.328 e. The monoisotopic (exact) mass is 521 g/mol. The highest BCUT2D eigenvalue weighted by molar-refractivity contribution is 6.29. The third kappa shape index (κ3) is 8.47. The van der Waals surface area contributed by atoms with Gasteiger partial charge in [0, 0.05) is 24.1 Å². The lowest BCUT2D eigenvalue weighted by Crippen LogP contribution is -2.53. The average molecular weight is 522 g/mol. The topological polar surface area (TPSA) is 114 Å². The van der Waals surface area contributed by atoms with Crippen molar-refractivity contribution in [2.24, 2.45) is 0 Å². The van der Waals surface area contributed by atoms with Gasteiger partial charge in [0.1, 0.15) is 18.0 Å². The van der Waals surface area contributed by atoms with Crippen molar-refractivity contribution in [2.45, 2.75) is 24.9 Å². The molecule has 3 N–H and O–H groups in total. The molecule has 3 aromatic rings. The molecule has 192 valence electrons. The van der Waals surface area contributed by atoms with Crippen LogP contribution in [-0.4, -0.2) is 48.8 Å². The summed E-state index contributed by atoms with van der Waals surface area (Å²) >= 11 is 5.50. The maximum atomic E-state index is 13.4. The number of halogens is 1. The standard InChI is InChI=1S/C28H28ClN3O5/c1-37-28(36)24(17-20-10-6-3-7-11-20)32-27(35)23(16-19-8-4-2-5-9-19)31-26(34)21-12-14-22(15-13-21)30-25(33)18-29/h2-15,23-24H,16-18H2,1H3,(H,30,33)(H,31,34)(H,32,35)/t23-,24-/m0/s1. The molecular formula is C28H28ClN3O5. The number of ether oxygens (including phenoxy) is 1. The van der Waals surface area contributed by atoms with E-state index in [2.05, 4.69) is 16.0 Å². The van der Waals surface area contributed by atoms with Crippen molar-refractivity contribution in [3.8, 4) is 0 Å². The van der Waals surface area contributed by atoms with Crippen LogP contribution in [0.1, 0.15) is 21.5 Å². The van der Waals surface area contributed by atoms with Crippen molar-refractivity contribution in [1.29, 1.82) is 0 Å². The van der Waals surface area contributed by atoms with Gasteiger partial charge in [-0.3, -0.25) is 14.4 Å². The van der Waals surface area contributed by atoms with E-state index < -0.39 is 29.9 Å². The number of nitrogens with one attached hydrogen (secondary N) is 3. The molecule has 0 saturated heterocycles. The maximum absolute atomic E-state index is 13.4. The summed E-state index contributed by atoms with van der Waals surface area (Å²) in [6.07, 6.45) is 0.447. The second-order valence-electron chi connectivity index (χ2n) is 8.25. The Labute approximate surface area is 220 Å². The van der Waals surface area contributed by atoms with Crippen molar-refractivity contribution in [1.82, 2.24) is 10.6 Å². The Bertz CT molecular complexity index is 1200. The second kappa shape index (κ2) is 13.8. The SMILES string of the molecule is COC(=O)[C@H](Cc1ccccc1)NC(=O)[C@H](Cc1ccccc1)NC(=O)c1ccc(NC(=O)CCl)cc1. The summed E-state index contributed by atoms with van der Waals surface area (Å²) in [6.45, 7) is 0. The van der Waals surface area contributed by atoms with Gasteiger partial charge in [0.2, 0.25) is 11.8 Å². The van der Waals surface area contributed by atoms with Crippen LogP contribution < -0.4 is 16.0 Å². The Morgan fingerprint density at radius 1 is 0.757 bits per heavy atom. The van der Waals surface area contributed by atoms with Gasteiger partial charge in [0.25, 0.3) is 5.91 Å². The first kappa shape index (κ1) is 27.4. The summed E-state index contributed by atoms with van der Waals surface area (Å²) in [6, 6.07) is 22.8. The first-order valence-corrected chi connectivity index (χ1v) is 12.2. The fraction of sp³-hybridized carbons (Fsp3) is 0.214. The number of carbonyl (C=O) groups is 4. The molecule has 8 nitrogen and oxygen atoms in total. The predicted octanol–water partition coefficient (Wildman–Crippen LogP) is 3.11. The van der Waals surface area contributed by atoms with E-state index in [0.29, 0.717) is 11.3 Å². The number of carbonyl (C=O) groups excluding carboxylic acids is 4. The van der Waals surface area contributed by atoms with E-state index in [1.807, 2.05) is 60.7 Å². The average Bonchev–Trinajstić information content (AvgIpc) is 2.93. The highest BCUT2D eigenvalue weighted by Gasteiger charge is 2.28. The number of methoxy groups -OCH3 is 1. The number of anilines is 1. The lowest BCUT2D eigenvalue weighted by atomic mass is 10.0. The molecule has 2 atom stereocenters. The van der Waals surface area contributed by atoms with Crippen molar-refractivity contribution in [3.05, 3.63) is 102 Å². The zero-order valence-corrected chi connectivity index (χ0v) is 21.0. The number of hydrogen-bond donors (Lipinski definition) is 3. The van der Waals surface area contributed by atoms with E-state index in [4.69, 9.17) is 16.3 Å². The number of hydrogen-bond acceptors (Lipinski definition) is 5. The molecule has 0 aliphatic heterocycles. The molecule has 0 spiro atoms. The van der Waals surface area contributed by atoms with Crippen LogP contribution in [0.25, 0.3) is 0 Å². The van der Waals surface area contributed by atoms with Gasteiger partial charge in [-0.05, 0) is 35.4 Å². The van der Waals surface area contributed by atoms with Gasteiger partial charge in [-0.1, -0.05) is 60.7 Å². The van der Waals surface area contributed by atoms with Crippen LogP contribution in [-0.2, 0) is 32.0 Å². The Balaban J connectivity index is 1.77. The Hall–Kier alpha value is -4.17. The number of benzene rings is 3. The minimum atomic E-state index is -0.964. The quantitative estimate of drug-likeness (QED) is 0.265. The Morgan fingerprint density at radius 3 is 1.81 bits per heavy atom. The third-order valence-electron chi connectivity index (χ3n) is 5.54. The molecule has 0 aromatic heterocycles. The van der Waals surface area contributed by atoms with Crippen LogP contribution in [0, 0.1) is 0 Å². The van der Waals surface area contributed by atoms with E-state index in [9.17, 15) is 19.2 Å². The number of esters is 1. The maximum Gasteiger partial charge on any atom is 0.328 e. The first-order valence-electron chi connectivity index (χ1n) is 11.6. The van der Waals surface area contributed by atoms with Crippen molar-refractivity contribution in [3.63, 3.8) is 0 Å². The Morgan fingerprint density at radius 2 is 1.30 bits per heavy atom. The number of amides is 3. The van der Waals surface area contributed by atoms with Crippen LogP contribution in [0.2, 0.25) is 0 Å². The third-order valence-corrected chi connectivity index (χ3v) is 5.78. The van der Waals surface area contributed by atoms with E-state index in [-0.39, 0.29) is 24.6 Å². The van der Waals surface area contributed by atoms with Gasteiger partial charge in [-0.15, -0.1) is 11.6 Å². The van der Waals surface area contributed by atoms with Gasteiger partial charge >= 0.3 is 5.97 Å². The van der Waals surface area contributed by atoms with Crippen LogP contribution >= 0.6 is 11.6 Å². The fourth-order valence-electron chi connectivity index (χ4n) is 3.66. The van der Waals surface area contributed by atoms with Gasteiger partial charge < -0.3 is 20.7 Å². The van der Waals surface area contributed by atoms with E-state index in [0.717, 1.165) is 11.1 Å². The molecule has 0 aliphatic rings. The first-order chi connectivity index (χ1) is 17.9. The van der Waals surface area contributed by atoms with Crippen LogP contribution in [0.15, 0.2) is 84.9 Å². The largest absolute Gasteiger partial charge is 0.467 e. The lowest BCUT2D eigenvalue weighted by Gasteiger charge is -2.23.